The van der Waals surface area contributed by atoms with E-state index in [-0.39, 0.29) is 6.61 Å². The second-order valence-corrected chi connectivity index (χ2v) is 5.81. The van der Waals surface area contributed by atoms with Crippen molar-refractivity contribution in [2.75, 3.05) is 13.2 Å². The summed E-state index contributed by atoms with van der Waals surface area (Å²) in [5.74, 6) is -0.145. The van der Waals surface area contributed by atoms with E-state index in [1.807, 2.05) is 13.8 Å². The number of benzene rings is 2. The molecular weight excluding hydrogens is 306 g/mol. The summed E-state index contributed by atoms with van der Waals surface area (Å²) < 4.78 is 5.68. The molecule has 0 fully saturated rings. The van der Waals surface area contributed by atoms with Gasteiger partial charge in [-0.1, -0.05) is 30.3 Å². The molecule has 0 spiro atoms. The van der Waals surface area contributed by atoms with Crippen LogP contribution in [0.3, 0.4) is 0 Å². The summed E-state index contributed by atoms with van der Waals surface area (Å²) in [6.45, 7) is 4.15. The standard InChI is InChI=1S/C19H23NO4/c1-13-11-16(12-14(2)17(13)24-10-6-9-21)19(23,18(20)22)15-7-4-3-5-8-15/h3-5,7-8,11-12,21,23H,6,9-10H2,1-2H3,(H2,20,22). The van der Waals surface area contributed by atoms with Gasteiger partial charge in [-0.15, -0.1) is 0 Å². The Labute approximate surface area is 141 Å². The average molecular weight is 329 g/mol. The topological polar surface area (TPSA) is 92.8 Å². The van der Waals surface area contributed by atoms with Crippen LogP contribution in [0.25, 0.3) is 0 Å². The highest BCUT2D eigenvalue weighted by Gasteiger charge is 2.38. The van der Waals surface area contributed by atoms with E-state index >= 15 is 0 Å². The molecule has 0 saturated carbocycles. The Morgan fingerprint density at radius 1 is 1.12 bits per heavy atom. The minimum atomic E-state index is -1.90. The highest BCUT2D eigenvalue weighted by atomic mass is 16.5. The molecule has 2 aromatic rings. The molecule has 5 nitrogen and oxygen atoms in total. The molecule has 0 aliphatic carbocycles. The number of rotatable bonds is 7. The van der Waals surface area contributed by atoms with Gasteiger partial charge < -0.3 is 20.7 Å². The summed E-state index contributed by atoms with van der Waals surface area (Å²) in [4.78, 5) is 12.1. The molecule has 1 unspecified atom stereocenters. The van der Waals surface area contributed by atoms with Crippen LogP contribution in [-0.2, 0) is 10.4 Å². The minimum absolute atomic E-state index is 0.0611. The predicted octanol–water partition coefficient (Wildman–Crippen LogP) is 1.79. The van der Waals surface area contributed by atoms with Gasteiger partial charge in [0.15, 0.2) is 5.60 Å². The van der Waals surface area contributed by atoms with Crippen molar-refractivity contribution >= 4 is 5.91 Å². The first-order valence-electron chi connectivity index (χ1n) is 7.84. The molecule has 0 bridgehead atoms. The molecule has 0 aliphatic rings. The number of hydrogen-bond acceptors (Lipinski definition) is 4. The van der Waals surface area contributed by atoms with Crippen molar-refractivity contribution < 1.29 is 19.7 Å². The third-order valence-corrected chi connectivity index (χ3v) is 3.98. The average Bonchev–Trinajstić information content (AvgIpc) is 2.57. The van der Waals surface area contributed by atoms with Crippen LogP contribution in [-0.4, -0.2) is 29.3 Å². The van der Waals surface area contributed by atoms with E-state index in [0.29, 0.717) is 29.9 Å². The zero-order valence-electron chi connectivity index (χ0n) is 14.0. The first-order chi connectivity index (χ1) is 11.4. The minimum Gasteiger partial charge on any atom is -0.493 e. The van der Waals surface area contributed by atoms with Gasteiger partial charge in [-0.2, -0.15) is 0 Å². The van der Waals surface area contributed by atoms with Gasteiger partial charge in [0.2, 0.25) is 0 Å². The van der Waals surface area contributed by atoms with E-state index in [2.05, 4.69) is 0 Å². The number of carbonyl (C=O) groups excluding carboxylic acids is 1. The first kappa shape index (κ1) is 18.0. The van der Waals surface area contributed by atoms with Gasteiger partial charge in [0.05, 0.1) is 6.61 Å². The van der Waals surface area contributed by atoms with Crippen molar-refractivity contribution in [3.8, 4) is 5.75 Å². The molecule has 1 amide bonds. The largest absolute Gasteiger partial charge is 0.493 e. The first-order valence-corrected chi connectivity index (χ1v) is 7.84. The van der Waals surface area contributed by atoms with E-state index in [1.165, 1.54) is 0 Å². The maximum atomic E-state index is 12.1. The molecule has 2 rings (SSSR count). The van der Waals surface area contributed by atoms with Crippen molar-refractivity contribution in [2.45, 2.75) is 25.9 Å². The summed E-state index contributed by atoms with van der Waals surface area (Å²) in [5, 5.41) is 19.9. The monoisotopic (exact) mass is 329 g/mol. The SMILES string of the molecule is Cc1cc(C(O)(C(N)=O)c2ccccc2)cc(C)c1OCCCO. The van der Waals surface area contributed by atoms with Crippen molar-refractivity contribution in [1.82, 2.24) is 0 Å². The third kappa shape index (κ3) is 3.42. The van der Waals surface area contributed by atoms with Gasteiger partial charge in [0, 0.05) is 13.0 Å². The van der Waals surface area contributed by atoms with Crippen molar-refractivity contribution in [3.05, 3.63) is 64.7 Å². The highest BCUT2D eigenvalue weighted by molar-refractivity contribution is 5.88. The molecular formula is C19H23NO4. The Kier molecular flexibility index (Phi) is 5.59. The molecule has 0 heterocycles. The lowest BCUT2D eigenvalue weighted by Crippen LogP contribution is -2.42. The molecule has 5 heteroatoms. The van der Waals surface area contributed by atoms with Gasteiger partial charge in [0.25, 0.3) is 5.91 Å². The smallest absolute Gasteiger partial charge is 0.258 e. The number of nitrogens with two attached hydrogens (primary N) is 1. The van der Waals surface area contributed by atoms with Gasteiger partial charge in [-0.25, -0.2) is 0 Å². The number of aliphatic hydroxyl groups excluding tert-OH is 1. The molecule has 0 saturated heterocycles. The molecule has 1 atom stereocenters. The Morgan fingerprint density at radius 2 is 1.71 bits per heavy atom. The van der Waals surface area contributed by atoms with Crippen LogP contribution in [0.4, 0.5) is 0 Å². The number of primary amides is 1. The van der Waals surface area contributed by atoms with Crippen LogP contribution >= 0.6 is 0 Å². The maximum Gasteiger partial charge on any atom is 0.258 e. The van der Waals surface area contributed by atoms with Gasteiger partial charge in [-0.05, 0) is 48.2 Å². The van der Waals surface area contributed by atoms with E-state index in [0.717, 1.165) is 11.1 Å². The number of hydrogen-bond donors (Lipinski definition) is 3. The third-order valence-electron chi connectivity index (χ3n) is 3.98. The summed E-state index contributed by atoms with van der Waals surface area (Å²) in [6, 6.07) is 12.0. The van der Waals surface area contributed by atoms with Crippen LogP contribution in [0, 0.1) is 13.8 Å². The fourth-order valence-corrected chi connectivity index (χ4v) is 2.76. The van der Waals surface area contributed by atoms with Crippen molar-refractivity contribution in [2.24, 2.45) is 5.73 Å². The summed E-state index contributed by atoms with van der Waals surface area (Å²) >= 11 is 0. The summed E-state index contributed by atoms with van der Waals surface area (Å²) in [5.41, 5.74) is 6.03. The lowest BCUT2D eigenvalue weighted by molar-refractivity contribution is -0.133. The van der Waals surface area contributed by atoms with E-state index in [9.17, 15) is 9.90 Å². The Hall–Kier alpha value is -2.37. The number of aliphatic hydroxyl groups is 2. The van der Waals surface area contributed by atoms with E-state index in [4.69, 9.17) is 15.6 Å². The fraction of sp³-hybridized carbons (Fsp3) is 0.316. The summed E-state index contributed by atoms with van der Waals surface area (Å²) in [7, 11) is 0. The van der Waals surface area contributed by atoms with Crippen molar-refractivity contribution in [1.29, 1.82) is 0 Å². The van der Waals surface area contributed by atoms with Crippen LogP contribution in [0.1, 0.15) is 28.7 Å². The summed E-state index contributed by atoms with van der Waals surface area (Å²) in [6.07, 6.45) is 0.538. The molecule has 2 aromatic carbocycles. The molecule has 24 heavy (non-hydrogen) atoms. The van der Waals surface area contributed by atoms with Crippen LogP contribution < -0.4 is 10.5 Å². The Morgan fingerprint density at radius 3 is 2.21 bits per heavy atom. The van der Waals surface area contributed by atoms with Gasteiger partial charge in [-0.3, -0.25) is 4.79 Å². The molecule has 4 N–H and O–H groups in total. The quantitative estimate of drug-likeness (QED) is 0.675. The zero-order valence-corrected chi connectivity index (χ0v) is 14.0. The fourth-order valence-electron chi connectivity index (χ4n) is 2.76. The second kappa shape index (κ2) is 7.47. The van der Waals surface area contributed by atoms with Gasteiger partial charge in [0.1, 0.15) is 5.75 Å². The second-order valence-electron chi connectivity index (χ2n) is 5.81. The Bertz CT molecular complexity index is 692. The van der Waals surface area contributed by atoms with Crippen molar-refractivity contribution in [3.63, 3.8) is 0 Å². The molecule has 0 aromatic heterocycles. The number of aryl methyl sites for hydroxylation is 2. The predicted molar refractivity (Wildman–Crippen MR) is 91.7 cm³/mol. The lowest BCUT2D eigenvalue weighted by Gasteiger charge is -2.27. The highest BCUT2D eigenvalue weighted by Crippen LogP contribution is 2.34. The normalized spacial score (nSPS) is 13.3. The maximum absolute atomic E-state index is 12.1. The van der Waals surface area contributed by atoms with E-state index < -0.39 is 11.5 Å². The molecule has 0 radical (unpaired) electrons. The lowest BCUT2D eigenvalue weighted by atomic mass is 9.84. The number of carbonyl (C=O) groups is 1. The number of amides is 1. The van der Waals surface area contributed by atoms with Crippen LogP contribution in [0.15, 0.2) is 42.5 Å². The molecule has 128 valence electrons. The number of ether oxygens (including phenoxy) is 1. The van der Waals surface area contributed by atoms with E-state index in [1.54, 1.807) is 42.5 Å². The Balaban J connectivity index is 2.48. The van der Waals surface area contributed by atoms with Crippen LogP contribution in [0.5, 0.6) is 5.75 Å². The molecule has 0 aliphatic heterocycles. The zero-order chi connectivity index (χ0) is 17.7. The van der Waals surface area contributed by atoms with Crippen LogP contribution in [0.2, 0.25) is 0 Å². The van der Waals surface area contributed by atoms with Gasteiger partial charge >= 0.3 is 0 Å².